The van der Waals surface area contributed by atoms with Crippen LogP contribution in [0, 0.1) is 0 Å². The Morgan fingerprint density at radius 3 is 2.41 bits per heavy atom. The van der Waals surface area contributed by atoms with E-state index in [1.54, 1.807) is 13.1 Å². The van der Waals surface area contributed by atoms with E-state index in [0.29, 0.717) is 16.7 Å². The normalized spacial score (nSPS) is 15.2. The Labute approximate surface area is 170 Å². The van der Waals surface area contributed by atoms with Gasteiger partial charge in [0, 0.05) is 19.3 Å². The molecule has 0 atom stereocenters. The van der Waals surface area contributed by atoms with E-state index in [9.17, 15) is 9.59 Å². The van der Waals surface area contributed by atoms with Crippen LogP contribution in [0.5, 0.6) is 0 Å². The number of aromatic nitrogens is 2. The third kappa shape index (κ3) is 4.38. The van der Waals surface area contributed by atoms with E-state index >= 15 is 0 Å². The fourth-order valence-electron chi connectivity index (χ4n) is 3.86. The summed E-state index contributed by atoms with van der Waals surface area (Å²) < 4.78 is 1.46. The molecule has 6 heteroatoms. The molecule has 1 aromatic heterocycles. The minimum Gasteiger partial charge on any atom is -0.320 e. The van der Waals surface area contributed by atoms with Crippen molar-refractivity contribution in [2.24, 2.45) is 7.05 Å². The number of nitrogens with zero attached hydrogens (tertiary/aromatic N) is 3. The molecule has 0 bridgehead atoms. The Bertz CT molecular complexity index is 1060. The molecule has 1 saturated heterocycles. The lowest BCUT2D eigenvalue weighted by Gasteiger charge is -2.19. The molecule has 1 aliphatic rings. The number of likely N-dealkylation sites (tertiary alicyclic amines) is 1. The topological polar surface area (TPSA) is 67.2 Å². The summed E-state index contributed by atoms with van der Waals surface area (Å²) in [6, 6.07) is 15.1. The Morgan fingerprint density at radius 1 is 1.00 bits per heavy atom. The van der Waals surface area contributed by atoms with Crippen molar-refractivity contribution < 1.29 is 4.79 Å². The fourth-order valence-corrected chi connectivity index (χ4v) is 3.86. The number of amides is 1. The number of aryl methyl sites for hydroxylation is 1. The Balaban J connectivity index is 1.48. The van der Waals surface area contributed by atoms with Gasteiger partial charge in [-0.25, -0.2) is 4.98 Å². The van der Waals surface area contributed by atoms with E-state index < -0.39 is 11.5 Å². The van der Waals surface area contributed by atoms with Gasteiger partial charge in [-0.2, -0.15) is 0 Å². The molecular weight excluding hydrogens is 364 g/mol. The Morgan fingerprint density at radius 2 is 1.69 bits per heavy atom. The smallest absolute Gasteiger partial charge is 0.282 e. The van der Waals surface area contributed by atoms with Gasteiger partial charge in [-0.1, -0.05) is 37.1 Å². The molecule has 0 saturated carbocycles. The van der Waals surface area contributed by atoms with Gasteiger partial charge < -0.3 is 9.88 Å². The molecule has 6 nitrogen and oxygen atoms in total. The molecule has 0 spiro atoms. The number of nitrogens with one attached hydrogen (secondary N) is 1. The summed E-state index contributed by atoms with van der Waals surface area (Å²) in [5.41, 5.74) is 2.70. The largest absolute Gasteiger partial charge is 0.320 e. The van der Waals surface area contributed by atoms with Crippen LogP contribution in [0.3, 0.4) is 0 Å². The molecule has 4 rings (SSSR count). The van der Waals surface area contributed by atoms with Gasteiger partial charge in [-0.3, -0.25) is 14.5 Å². The van der Waals surface area contributed by atoms with Gasteiger partial charge in [0.15, 0.2) is 5.69 Å². The molecule has 2 aromatic carbocycles. The number of benzene rings is 2. The lowest BCUT2D eigenvalue weighted by atomic mass is 10.2. The zero-order valence-electron chi connectivity index (χ0n) is 16.7. The van der Waals surface area contributed by atoms with Gasteiger partial charge in [0.25, 0.3) is 11.5 Å². The first-order valence-electron chi connectivity index (χ1n) is 10.2. The fraction of sp³-hybridized carbons (Fsp3) is 0.348. The molecular formula is C23H26N4O2. The van der Waals surface area contributed by atoms with Crippen LogP contribution in [-0.4, -0.2) is 33.4 Å². The Kier molecular flexibility index (Phi) is 5.71. The van der Waals surface area contributed by atoms with Crippen molar-refractivity contribution in [2.75, 3.05) is 18.4 Å². The summed E-state index contributed by atoms with van der Waals surface area (Å²) in [5, 5.41) is 2.80. The van der Waals surface area contributed by atoms with Crippen LogP contribution in [0.4, 0.5) is 5.69 Å². The van der Waals surface area contributed by atoms with Crippen LogP contribution < -0.4 is 10.9 Å². The van der Waals surface area contributed by atoms with E-state index in [1.165, 1.54) is 35.8 Å². The second-order valence-electron chi connectivity index (χ2n) is 7.65. The van der Waals surface area contributed by atoms with Gasteiger partial charge in [0.2, 0.25) is 0 Å². The monoisotopic (exact) mass is 390 g/mol. The van der Waals surface area contributed by atoms with Crippen molar-refractivity contribution in [1.29, 1.82) is 0 Å². The number of fused-ring (bicyclic) bond motifs is 1. The summed E-state index contributed by atoms with van der Waals surface area (Å²) in [6.07, 6.45) is 5.18. The zero-order valence-corrected chi connectivity index (χ0v) is 16.7. The number of anilines is 1. The average Bonchev–Trinajstić information content (AvgIpc) is 3.01. The van der Waals surface area contributed by atoms with Gasteiger partial charge in [0.1, 0.15) is 0 Å². The molecule has 29 heavy (non-hydrogen) atoms. The highest BCUT2D eigenvalue weighted by Crippen LogP contribution is 2.16. The predicted molar refractivity (Wildman–Crippen MR) is 115 cm³/mol. The van der Waals surface area contributed by atoms with E-state index in [4.69, 9.17) is 0 Å². The van der Waals surface area contributed by atoms with Gasteiger partial charge in [-0.15, -0.1) is 0 Å². The second-order valence-corrected chi connectivity index (χ2v) is 7.65. The van der Waals surface area contributed by atoms with E-state index in [2.05, 4.69) is 15.2 Å². The first kappa shape index (κ1) is 19.3. The third-order valence-electron chi connectivity index (χ3n) is 5.51. The van der Waals surface area contributed by atoms with Gasteiger partial charge in [0.05, 0.1) is 11.0 Å². The standard InChI is InChI=1S/C23H26N4O2/c1-26-20-9-5-4-8-19(20)25-21(23(26)29)22(28)24-18-12-10-17(11-13-18)16-27-14-6-2-3-7-15-27/h4-5,8-13H,2-3,6-7,14-16H2,1H3,(H,24,28). The molecule has 1 amide bonds. The van der Waals surface area contributed by atoms with Crippen LogP contribution in [0.25, 0.3) is 11.0 Å². The number of hydrogen-bond donors (Lipinski definition) is 1. The number of carbonyl (C=O) groups is 1. The van der Waals surface area contributed by atoms with Crippen molar-refractivity contribution in [3.05, 3.63) is 70.1 Å². The van der Waals surface area contributed by atoms with E-state index in [1.807, 2.05) is 42.5 Å². The second kappa shape index (κ2) is 8.57. The van der Waals surface area contributed by atoms with Crippen LogP contribution >= 0.6 is 0 Å². The minimum atomic E-state index is -0.489. The minimum absolute atomic E-state index is 0.0974. The third-order valence-corrected chi connectivity index (χ3v) is 5.51. The molecule has 3 aromatic rings. The summed E-state index contributed by atoms with van der Waals surface area (Å²) in [5.74, 6) is -0.489. The van der Waals surface area contributed by atoms with Crippen LogP contribution in [0.15, 0.2) is 53.3 Å². The van der Waals surface area contributed by atoms with Gasteiger partial charge >= 0.3 is 0 Å². The first-order chi connectivity index (χ1) is 14.1. The lowest BCUT2D eigenvalue weighted by molar-refractivity contribution is 0.102. The average molecular weight is 390 g/mol. The van der Waals surface area contributed by atoms with Crippen LogP contribution in [0.1, 0.15) is 41.7 Å². The number of rotatable bonds is 4. The number of hydrogen-bond acceptors (Lipinski definition) is 4. The van der Waals surface area contributed by atoms with Crippen LogP contribution in [-0.2, 0) is 13.6 Å². The summed E-state index contributed by atoms with van der Waals surface area (Å²) in [4.78, 5) is 32.0. The predicted octanol–water partition coefficient (Wildman–Crippen LogP) is 3.56. The maximum Gasteiger partial charge on any atom is 0.282 e. The highest BCUT2D eigenvalue weighted by atomic mass is 16.2. The van der Waals surface area contributed by atoms with Crippen molar-refractivity contribution in [1.82, 2.24) is 14.5 Å². The molecule has 0 unspecified atom stereocenters. The molecule has 2 heterocycles. The molecule has 1 fully saturated rings. The molecule has 150 valence electrons. The highest BCUT2D eigenvalue weighted by Gasteiger charge is 2.16. The summed E-state index contributed by atoms with van der Waals surface area (Å²) in [6.45, 7) is 3.23. The zero-order chi connectivity index (χ0) is 20.2. The SMILES string of the molecule is Cn1c(=O)c(C(=O)Nc2ccc(CN3CCCCCC3)cc2)nc2ccccc21. The maximum absolute atomic E-state index is 12.7. The summed E-state index contributed by atoms with van der Waals surface area (Å²) >= 11 is 0. The number of carbonyl (C=O) groups excluding carboxylic acids is 1. The Hall–Kier alpha value is -2.99. The molecule has 0 radical (unpaired) electrons. The molecule has 1 aliphatic heterocycles. The van der Waals surface area contributed by atoms with Crippen molar-refractivity contribution in [3.63, 3.8) is 0 Å². The number of para-hydroxylation sites is 2. The maximum atomic E-state index is 12.7. The van der Waals surface area contributed by atoms with E-state index in [0.717, 1.165) is 19.6 Å². The van der Waals surface area contributed by atoms with Crippen molar-refractivity contribution in [2.45, 2.75) is 32.2 Å². The molecule has 0 aliphatic carbocycles. The van der Waals surface area contributed by atoms with Crippen molar-refractivity contribution >= 4 is 22.6 Å². The van der Waals surface area contributed by atoms with Gasteiger partial charge in [-0.05, 0) is 55.8 Å². The quantitative estimate of drug-likeness (QED) is 0.740. The van der Waals surface area contributed by atoms with Crippen molar-refractivity contribution in [3.8, 4) is 0 Å². The summed E-state index contributed by atoms with van der Waals surface area (Å²) in [7, 11) is 1.65. The highest BCUT2D eigenvalue weighted by molar-refractivity contribution is 6.03. The van der Waals surface area contributed by atoms with E-state index in [-0.39, 0.29) is 5.69 Å². The molecule has 1 N–H and O–H groups in total. The first-order valence-corrected chi connectivity index (χ1v) is 10.2. The lowest BCUT2D eigenvalue weighted by Crippen LogP contribution is -2.29. The van der Waals surface area contributed by atoms with Crippen LogP contribution in [0.2, 0.25) is 0 Å².